The molecule has 1 aromatic rings. The van der Waals surface area contributed by atoms with Gasteiger partial charge in [-0.05, 0) is 39.4 Å². The highest BCUT2D eigenvalue weighted by Crippen LogP contribution is 2.18. The van der Waals surface area contributed by atoms with Gasteiger partial charge in [-0.1, -0.05) is 6.92 Å². The van der Waals surface area contributed by atoms with E-state index in [4.69, 9.17) is 0 Å². The van der Waals surface area contributed by atoms with Gasteiger partial charge in [0.05, 0.1) is 18.4 Å². The fraction of sp³-hybridized carbons (Fsp3) is 0.571. The summed E-state index contributed by atoms with van der Waals surface area (Å²) >= 11 is 0. The number of nitrogens with zero attached hydrogens (tertiary/aromatic N) is 2. The zero-order valence-corrected chi connectivity index (χ0v) is 11.9. The average molecular weight is 250 g/mol. The van der Waals surface area contributed by atoms with Crippen LogP contribution in [0.1, 0.15) is 43.2 Å². The van der Waals surface area contributed by atoms with E-state index in [0.29, 0.717) is 5.56 Å². The monoisotopic (exact) mass is 250 g/mol. The van der Waals surface area contributed by atoms with Crippen LogP contribution in [0.4, 0.5) is 0 Å². The minimum absolute atomic E-state index is 0.142. The second-order valence-corrected chi connectivity index (χ2v) is 5.05. The first-order valence-electron chi connectivity index (χ1n) is 6.15. The molecule has 0 fully saturated rings. The predicted molar refractivity (Wildman–Crippen MR) is 71.4 cm³/mol. The molecule has 0 unspecified atom stereocenters. The van der Waals surface area contributed by atoms with Crippen molar-refractivity contribution in [1.29, 1.82) is 0 Å². The predicted octanol–water partition coefficient (Wildman–Crippen LogP) is 2.49. The van der Waals surface area contributed by atoms with Crippen LogP contribution in [0.25, 0.3) is 0 Å². The first kappa shape index (κ1) is 14.6. The van der Waals surface area contributed by atoms with Crippen molar-refractivity contribution >= 4 is 5.97 Å². The van der Waals surface area contributed by atoms with Crippen LogP contribution in [0.2, 0.25) is 0 Å². The number of carbonyl (C=O) groups is 1. The van der Waals surface area contributed by atoms with E-state index in [2.05, 4.69) is 42.4 Å². The maximum Gasteiger partial charge on any atom is 0.339 e. The molecule has 18 heavy (non-hydrogen) atoms. The molecule has 100 valence electrons. The Kier molecular flexibility index (Phi) is 4.84. The molecule has 0 N–H and O–H groups in total. The van der Waals surface area contributed by atoms with E-state index in [9.17, 15) is 4.79 Å². The fourth-order valence-corrected chi connectivity index (χ4v) is 1.48. The van der Waals surface area contributed by atoms with Crippen LogP contribution in [0, 0.1) is 0 Å². The lowest BCUT2D eigenvalue weighted by Crippen LogP contribution is -2.39. The zero-order valence-electron chi connectivity index (χ0n) is 11.9. The van der Waals surface area contributed by atoms with Crippen molar-refractivity contribution in [2.24, 2.45) is 0 Å². The third-order valence-corrected chi connectivity index (χ3v) is 3.54. The summed E-state index contributed by atoms with van der Waals surface area (Å²) in [5.74, 6) is -0.351. The molecule has 1 rings (SSSR count). The van der Waals surface area contributed by atoms with Gasteiger partial charge >= 0.3 is 5.97 Å². The first-order chi connectivity index (χ1) is 8.40. The topological polar surface area (TPSA) is 42.4 Å². The summed E-state index contributed by atoms with van der Waals surface area (Å²) in [6.07, 6.45) is 2.64. The molecule has 0 aromatic carbocycles. The number of rotatable bonds is 5. The van der Waals surface area contributed by atoms with Crippen molar-refractivity contribution in [1.82, 2.24) is 9.88 Å². The van der Waals surface area contributed by atoms with Crippen molar-refractivity contribution in [3.8, 4) is 0 Å². The number of esters is 1. The number of hydrogen-bond acceptors (Lipinski definition) is 4. The second-order valence-electron chi connectivity index (χ2n) is 5.05. The maximum atomic E-state index is 11.3. The Morgan fingerprint density at radius 3 is 2.56 bits per heavy atom. The Hall–Kier alpha value is -1.42. The van der Waals surface area contributed by atoms with E-state index >= 15 is 0 Å². The highest BCUT2D eigenvalue weighted by atomic mass is 16.5. The Morgan fingerprint density at radius 2 is 2.11 bits per heavy atom. The van der Waals surface area contributed by atoms with Crippen molar-refractivity contribution in [3.63, 3.8) is 0 Å². The molecule has 0 spiro atoms. The summed E-state index contributed by atoms with van der Waals surface area (Å²) in [6, 6.07) is 3.62. The summed E-state index contributed by atoms with van der Waals surface area (Å²) < 4.78 is 4.64. The summed E-state index contributed by atoms with van der Waals surface area (Å²) in [4.78, 5) is 17.8. The van der Waals surface area contributed by atoms with E-state index in [-0.39, 0.29) is 11.5 Å². The molecule has 0 amide bonds. The SMILES string of the molecule is CCC(C)(C)N(C)Cc1ccc(C(=O)OC)cn1. The Bertz CT molecular complexity index is 399. The Balaban J connectivity index is 2.72. The number of methoxy groups -OCH3 is 1. The van der Waals surface area contributed by atoms with E-state index in [1.165, 1.54) is 7.11 Å². The molecule has 0 atom stereocenters. The Morgan fingerprint density at radius 1 is 1.44 bits per heavy atom. The van der Waals surface area contributed by atoms with Crippen LogP contribution in [-0.4, -0.2) is 35.5 Å². The fourth-order valence-electron chi connectivity index (χ4n) is 1.48. The summed E-state index contributed by atoms with van der Waals surface area (Å²) in [5.41, 5.74) is 1.58. The number of pyridine rings is 1. The maximum absolute atomic E-state index is 11.3. The summed E-state index contributed by atoms with van der Waals surface area (Å²) in [5, 5.41) is 0. The number of ether oxygens (including phenoxy) is 1. The lowest BCUT2D eigenvalue weighted by molar-refractivity contribution is 0.0600. The van der Waals surface area contributed by atoms with Gasteiger partial charge in [-0.15, -0.1) is 0 Å². The van der Waals surface area contributed by atoms with Crippen molar-refractivity contribution in [3.05, 3.63) is 29.6 Å². The third-order valence-electron chi connectivity index (χ3n) is 3.54. The Labute approximate surface area is 109 Å². The van der Waals surface area contributed by atoms with Crippen LogP contribution in [0.15, 0.2) is 18.3 Å². The molecule has 0 bridgehead atoms. The first-order valence-corrected chi connectivity index (χ1v) is 6.15. The average Bonchev–Trinajstić information content (AvgIpc) is 2.38. The van der Waals surface area contributed by atoms with Gasteiger partial charge in [0.1, 0.15) is 0 Å². The quantitative estimate of drug-likeness (QED) is 0.753. The normalized spacial score (nSPS) is 11.7. The van der Waals surface area contributed by atoms with Gasteiger partial charge < -0.3 is 4.74 Å². The molecule has 4 nitrogen and oxygen atoms in total. The molecule has 1 aromatic heterocycles. The van der Waals surface area contributed by atoms with Crippen LogP contribution >= 0.6 is 0 Å². The molecule has 0 aliphatic heterocycles. The van der Waals surface area contributed by atoms with Gasteiger partial charge in [0.2, 0.25) is 0 Å². The van der Waals surface area contributed by atoms with Gasteiger partial charge in [0.15, 0.2) is 0 Å². The van der Waals surface area contributed by atoms with Crippen LogP contribution in [0.3, 0.4) is 0 Å². The molecular formula is C14H22N2O2. The molecule has 0 saturated carbocycles. The molecule has 0 aliphatic rings. The number of aromatic nitrogens is 1. The number of hydrogen-bond donors (Lipinski definition) is 0. The van der Waals surface area contributed by atoms with Gasteiger partial charge in [0.25, 0.3) is 0 Å². The molecule has 4 heteroatoms. The van der Waals surface area contributed by atoms with Crippen LogP contribution in [0.5, 0.6) is 0 Å². The molecular weight excluding hydrogens is 228 g/mol. The summed E-state index contributed by atoms with van der Waals surface area (Å²) in [6.45, 7) is 7.35. The van der Waals surface area contributed by atoms with Gasteiger partial charge in [-0.3, -0.25) is 9.88 Å². The largest absolute Gasteiger partial charge is 0.465 e. The smallest absolute Gasteiger partial charge is 0.339 e. The van der Waals surface area contributed by atoms with Crippen LogP contribution < -0.4 is 0 Å². The second kappa shape index (κ2) is 5.96. The van der Waals surface area contributed by atoms with Gasteiger partial charge in [-0.25, -0.2) is 4.79 Å². The lowest BCUT2D eigenvalue weighted by Gasteiger charge is -2.34. The zero-order chi connectivity index (χ0) is 13.8. The van der Waals surface area contributed by atoms with Crippen molar-refractivity contribution in [2.75, 3.05) is 14.2 Å². The highest BCUT2D eigenvalue weighted by molar-refractivity contribution is 5.88. The van der Waals surface area contributed by atoms with Crippen molar-refractivity contribution < 1.29 is 9.53 Å². The van der Waals surface area contributed by atoms with E-state index in [1.54, 1.807) is 12.3 Å². The standard InChI is InChI=1S/C14H22N2O2/c1-6-14(2,3)16(4)10-12-8-7-11(9-15-12)13(17)18-5/h7-9H,6,10H2,1-5H3. The van der Waals surface area contributed by atoms with E-state index < -0.39 is 0 Å². The highest BCUT2D eigenvalue weighted by Gasteiger charge is 2.21. The molecule has 0 saturated heterocycles. The molecule has 0 aliphatic carbocycles. The van der Waals surface area contributed by atoms with E-state index in [1.807, 2.05) is 6.07 Å². The van der Waals surface area contributed by atoms with E-state index in [0.717, 1.165) is 18.7 Å². The van der Waals surface area contributed by atoms with Crippen LogP contribution in [-0.2, 0) is 11.3 Å². The van der Waals surface area contributed by atoms with Gasteiger partial charge in [-0.2, -0.15) is 0 Å². The third kappa shape index (κ3) is 3.53. The summed E-state index contributed by atoms with van der Waals surface area (Å²) in [7, 11) is 3.45. The minimum atomic E-state index is -0.351. The number of carbonyl (C=O) groups excluding carboxylic acids is 1. The van der Waals surface area contributed by atoms with Gasteiger partial charge in [0, 0.05) is 18.3 Å². The minimum Gasteiger partial charge on any atom is -0.465 e. The lowest BCUT2D eigenvalue weighted by atomic mass is 10.00. The molecule has 0 radical (unpaired) electrons. The van der Waals surface area contributed by atoms with Crippen molar-refractivity contribution in [2.45, 2.75) is 39.3 Å². The molecule has 1 heterocycles.